The molecule has 0 bridgehead atoms. The summed E-state index contributed by atoms with van der Waals surface area (Å²) in [6.07, 6.45) is 0.178. The lowest BCUT2D eigenvalue weighted by atomic mass is 10.1. The van der Waals surface area contributed by atoms with Gasteiger partial charge < -0.3 is 4.42 Å². The second-order valence-corrected chi connectivity index (χ2v) is 5.54. The number of hydrazine groups is 1. The molecule has 7 heteroatoms. The largest absolute Gasteiger partial charge is 0.435 e. The summed E-state index contributed by atoms with van der Waals surface area (Å²) in [5.41, 5.74) is 4.70. The Hall–Kier alpha value is -2.08. The van der Waals surface area contributed by atoms with Crippen LogP contribution in [0.5, 0.6) is 0 Å². The maximum absolute atomic E-state index is 11.3. The van der Waals surface area contributed by atoms with E-state index in [1.54, 1.807) is 12.1 Å². The molecule has 0 aliphatic carbocycles. The summed E-state index contributed by atoms with van der Waals surface area (Å²) < 4.78 is 5.70. The van der Waals surface area contributed by atoms with Gasteiger partial charge in [-0.05, 0) is 29.8 Å². The molecule has 0 aliphatic heterocycles. The molecule has 22 heavy (non-hydrogen) atoms. The van der Waals surface area contributed by atoms with E-state index in [1.165, 1.54) is 0 Å². The number of benzene rings is 2. The van der Waals surface area contributed by atoms with Gasteiger partial charge in [0, 0.05) is 10.6 Å². The van der Waals surface area contributed by atoms with Crippen LogP contribution < -0.4 is 11.3 Å². The average molecular weight is 336 g/mol. The zero-order valence-corrected chi connectivity index (χ0v) is 12.8. The van der Waals surface area contributed by atoms with Crippen molar-refractivity contribution in [2.45, 2.75) is 6.42 Å². The summed E-state index contributed by atoms with van der Waals surface area (Å²) in [4.78, 5) is 15.7. The third kappa shape index (κ3) is 2.92. The molecule has 0 unspecified atom stereocenters. The molecule has 112 valence electrons. The standard InChI is InChI=1S/C15H11Cl2N3O2/c16-10-6-11(17)14-12(7-10)19-15(22-14)9-3-1-2-8(4-9)5-13(21)20-18/h1-4,6-7H,5,18H2,(H,20,21). The van der Waals surface area contributed by atoms with E-state index in [1.807, 2.05) is 24.3 Å². The molecule has 3 aromatic rings. The number of amides is 1. The SMILES string of the molecule is NNC(=O)Cc1cccc(-c2nc3cc(Cl)cc(Cl)c3o2)c1. The molecule has 3 N–H and O–H groups in total. The summed E-state index contributed by atoms with van der Waals surface area (Å²) >= 11 is 12.1. The van der Waals surface area contributed by atoms with Crippen LogP contribution >= 0.6 is 23.2 Å². The molecule has 0 saturated heterocycles. The minimum absolute atomic E-state index is 0.178. The van der Waals surface area contributed by atoms with E-state index in [4.69, 9.17) is 33.5 Å². The number of nitrogens with two attached hydrogens (primary N) is 1. The van der Waals surface area contributed by atoms with Gasteiger partial charge in [0.2, 0.25) is 11.8 Å². The van der Waals surface area contributed by atoms with Crippen molar-refractivity contribution in [3.63, 3.8) is 0 Å². The molecular formula is C15H11Cl2N3O2. The quantitative estimate of drug-likeness (QED) is 0.437. The van der Waals surface area contributed by atoms with Crippen molar-refractivity contribution in [2.24, 2.45) is 5.84 Å². The number of oxazole rings is 1. The number of hydrogen-bond acceptors (Lipinski definition) is 4. The van der Waals surface area contributed by atoms with E-state index >= 15 is 0 Å². The van der Waals surface area contributed by atoms with Crippen LogP contribution in [0.4, 0.5) is 0 Å². The fourth-order valence-electron chi connectivity index (χ4n) is 2.13. The van der Waals surface area contributed by atoms with Crippen molar-refractivity contribution in [3.05, 3.63) is 52.0 Å². The lowest BCUT2D eigenvalue weighted by molar-refractivity contribution is -0.120. The minimum Gasteiger partial charge on any atom is -0.435 e. The molecule has 0 atom stereocenters. The number of carbonyl (C=O) groups is 1. The molecule has 0 radical (unpaired) electrons. The molecule has 0 saturated carbocycles. The van der Waals surface area contributed by atoms with Crippen molar-refractivity contribution >= 4 is 40.2 Å². The van der Waals surface area contributed by atoms with Crippen LogP contribution in [0.15, 0.2) is 40.8 Å². The lowest BCUT2D eigenvalue weighted by Crippen LogP contribution is -2.31. The summed E-state index contributed by atoms with van der Waals surface area (Å²) in [5.74, 6) is 5.23. The van der Waals surface area contributed by atoms with E-state index in [0.29, 0.717) is 27.0 Å². The molecular weight excluding hydrogens is 325 g/mol. The van der Waals surface area contributed by atoms with Gasteiger partial charge in [0.15, 0.2) is 5.58 Å². The van der Waals surface area contributed by atoms with E-state index in [0.717, 1.165) is 11.1 Å². The highest BCUT2D eigenvalue weighted by Gasteiger charge is 2.13. The zero-order chi connectivity index (χ0) is 15.7. The van der Waals surface area contributed by atoms with Gasteiger partial charge in [-0.25, -0.2) is 10.8 Å². The number of carbonyl (C=O) groups excluding carboxylic acids is 1. The van der Waals surface area contributed by atoms with Gasteiger partial charge in [-0.3, -0.25) is 10.2 Å². The van der Waals surface area contributed by atoms with Gasteiger partial charge in [0.1, 0.15) is 5.52 Å². The molecule has 0 aliphatic rings. The molecule has 5 nitrogen and oxygen atoms in total. The molecule has 0 spiro atoms. The van der Waals surface area contributed by atoms with Gasteiger partial charge in [-0.1, -0.05) is 35.3 Å². The van der Waals surface area contributed by atoms with Crippen molar-refractivity contribution in [1.29, 1.82) is 0 Å². The topological polar surface area (TPSA) is 81.1 Å². The smallest absolute Gasteiger partial charge is 0.238 e. The highest BCUT2D eigenvalue weighted by Crippen LogP contribution is 2.32. The van der Waals surface area contributed by atoms with Crippen LogP contribution in [0, 0.1) is 0 Å². The number of hydrogen-bond donors (Lipinski definition) is 2. The van der Waals surface area contributed by atoms with Crippen LogP contribution in [-0.2, 0) is 11.2 Å². The fourth-order valence-corrected chi connectivity index (χ4v) is 2.66. The number of nitrogens with one attached hydrogen (secondary N) is 1. The second-order valence-electron chi connectivity index (χ2n) is 4.70. The van der Waals surface area contributed by atoms with Gasteiger partial charge in [0.05, 0.1) is 11.4 Å². The molecule has 0 fully saturated rings. The Kier molecular flexibility index (Phi) is 4.02. The van der Waals surface area contributed by atoms with Gasteiger partial charge in [0.25, 0.3) is 0 Å². The van der Waals surface area contributed by atoms with Crippen molar-refractivity contribution in [3.8, 4) is 11.5 Å². The molecule has 2 aromatic carbocycles. The Bertz CT molecular complexity index is 861. The van der Waals surface area contributed by atoms with Crippen LogP contribution in [0.1, 0.15) is 5.56 Å². The molecule has 3 rings (SSSR count). The van der Waals surface area contributed by atoms with Crippen LogP contribution in [-0.4, -0.2) is 10.9 Å². The Balaban J connectivity index is 2.02. The highest BCUT2D eigenvalue weighted by atomic mass is 35.5. The fraction of sp³-hybridized carbons (Fsp3) is 0.0667. The first kappa shape index (κ1) is 14.8. The predicted molar refractivity (Wildman–Crippen MR) is 85.5 cm³/mol. The maximum atomic E-state index is 11.3. The number of halogens is 2. The van der Waals surface area contributed by atoms with Crippen LogP contribution in [0.2, 0.25) is 10.0 Å². The number of nitrogens with zero attached hydrogens (tertiary/aromatic N) is 1. The maximum Gasteiger partial charge on any atom is 0.238 e. The van der Waals surface area contributed by atoms with Crippen molar-refractivity contribution in [1.82, 2.24) is 10.4 Å². The molecule has 1 amide bonds. The van der Waals surface area contributed by atoms with Gasteiger partial charge >= 0.3 is 0 Å². The molecule has 1 aromatic heterocycles. The Morgan fingerprint density at radius 1 is 1.27 bits per heavy atom. The van der Waals surface area contributed by atoms with Gasteiger partial charge in [-0.15, -0.1) is 0 Å². The van der Waals surface area contributed by atoms with E-state index in [2.05, 4.69) is 10.4 Å². The van der Waals surface area contributed by atoms with Crippen LogP contribution in [0.25, 0.3) is 22.6 Å². The van der Waals surface area contributed by atoms with Crippen molar-refractivity contribution < 1.29 is 9.21 Å². The van der Waals surface area contributed by atoms with E-state index in [-0.39, 0.29) is 12.3 Å². The normalized spacial score (nSPS) is 10.9. The second kappa shape index (κ2) is 5.96. The summed E-state index contributed by atoms with van der Waals surface area (Å²) in [6, 6.07) is 10.6. The summed E-state index contributed by atoms with van der Waals surface area (Å²) in [5, 5.41) is 0.894. The van der Waals surface area contributed by atoms with Gasteiger partial charge in [-0.2, -0.15) is 0 Å². The minimum atomic E-state index is -0.274. The first-order chi connectivity index (χ1) is 10.6. The summed E-state index contributed by atoms with van der Waals surface area (Å²) in [6.45, 7) is 0. The summed E-state index contributed by atoms with van der Waals surface area (Å²) in [7, 11) is 0. The predicted octanol–water partition coefficient (Wildman–Crippen LogP) is 3.33. The third-order valence-electron chi connectivity index (χ3n) is 3.11. The Labute approximate surface area is 136 Å². The first-order valence-corrected chi connectivity index (χ1v) is 7.17. The number of rotatable bonds is 3. The lowest BCUT2D eigenvalue weighted by Gasteiger charge is -2.02. The molecule has 1 heterocycles. The number of fused-ring (bicyclic) bond motifs is 1. The Morgan fingerprint density at radius 2 is 2.09 bits per heavy atom. The monoisotopic (exact) mass is 335 g/mol. The third-order valence-corrected chi connectivity index (χ3v) is 3.61. The highest BCUT2D eigenvalue weighted by molar-refractivity contribution is 6.38. The van der Waals surface area contributed by atoms with Crippen LogP contribution in [0.3, 0.4) is 0 Å². The van der Waals surface area contributed by atoms with E-state index < -0.39 is 0 Å². The van der Waals surface area contributed by atoms with Crippen molar-refractivity contribution in [2.75, 3.05) is 0 Å². The average Bonchev–Trinajstić information content (AvgIpc) is 2.91. The Morgan fingerprint density at radius 3 is 2.86 bits per heavy atom. The first-order valence-electron chi connectivity index (χ1n) is 6.41. The number of aromatic nitrogens is 1. The van der Waals surface area contributed by atoms with E-state index in [9.17, 15) is 4.79 Å². The zero-order valence-electron chi connectivity index (χ0n) is 11.3.